The Balaban J connectivity index is 1.86. The van der Waals surface area contributed by atoms with E-state index in [0.717, 1.165) is 12.1 Å². The summed E-state index contributed by atoms with van der Waals surface area (Å²) in [7, 11) is 0. The molecule has 0 saturated carbocycles. The van der Waals surface area contributed by atoms with Gasteiger partial charge in [0, 0.05) is 32.6 Å². The number of piperidine rings is 2. The molecule has 1 amide bonds. The maximum absolute atomic E-state index is 14.5. The number of amides is 1. The number of phenols is 1. The zero-order valence-corrected chi connectivity index (χ0v) is 15.5. The van der Waals surface area contributed by atoms with Crippen LogP contribution < -0.4 is 0 Å². The number of phenolic OH excluding ortho intramolecular Hbond substituents is 1. The number of likely N-dealkylation sites (tertiary alicyclic amines) is 2. The fourth-order valence-electron chi connectivity index (χ4n) is 4.46. The summed E-state index contributed by atoms with van der Waals surface area (Å²) in [6.07, 6.45) is -4.30. The first-order chi connectivity index (χ1) is 13.0. The van der Waals surface area contributed by atoms with Gasteiger partial charge in [0.1, 0.15) is 5.75 Å². The van der Waals surface area contributed by atoms with E-state index in [4.69, 9.17) is 0 Å². The highest BCUT2D eigenvalue weighted by molar-refractivity contribution is 5.84. The van der Waals surface area contributed by atoms with Crippen molar-refractivity contribution in [2.24, 2.45) is 5.41 Å². The van der Waals surface area contributed by atoms with Crippen LogP contribution in [0.2, 0.25) is 0 Å². The van der Waals surface area contributed by atoms with E-state index in [9.17, 15) is 31.9 Å². The van der Waals surface area contributed by atoms with Gasteiger partial charge >= 0.3 is 6.18 Å². The first-order valence-electron chi connectivity index (χ1n) is 9.24. The number of benzene rings is 1. The first kappa shape index (κ1) is 20.8. The topological polar surface area (TPSA) is 43.8 Å². The van der Waals surface area contributed by atoms with Crippen LogP contribution >= 0.6 is 0 Å². The molecule has 28 heavy (non-hydrogen) atoms. The van der Waals surface area contributed by atoms with Crippen molar-refractivity contribution in [1.82, 2.24) is 9.80 Å². The zero-order valence-electron chi connectivity index (χ0n) is 15.5. The van der Waals surface area contributed by atoms with Crippen molar-refractivity contribution >= 4 is 5.91 Å². The number of hydrogen-bond acceptors (Lipinski definition) is 3. The molecule has 156 valence electrons. The summed E-state index contributed by atoms with van der Waals surface area (Å²) < 4.78 is 68.0. The Labute approximate surface area is 159 Å². The summed E-state index contributed by atoms with van der Waals surface area (Å²) >= 11 is 0. The maximum atomic E-state index is 14.5. The summed E-state index contributed by atoms with van der Waals surface area (Å²) in [4.78, 5) is 15.8. The van der Waals surface area contributed by atoms with E-state index >= 15 is 0 Å². The van der Waals surface area contributed by atoms with Crippen molar-refractivity contribution in [1.29, 1.82) is 0 Å². The Kier molecular flexibility index (Phi) is 5.33. The molecule has 3 rings (SSSR count). The minimum absolute atomic E-state index is 0.0835. The van der Waals surface area contributed by atoms with Gasteiger partial charge in [-0.05, 0) is 37.5 Å². The summed E-state index contributed by atoms with van der Waals surface area (Å²) in [5.74, 6) is -4.31. The van der Waals surface area contributed by atoms with E-state index < -0.39 is 41.8 Å². The number of nitrogens with zero attached hydrogens (tertiary/aromatic N) is 2. The molecule has 1 atom stereocenters. The maximum Gasteiger partial charge on any atom is 0.419 e. The van der Waals surface area contributed by atoms with Crippen LogP contribution in [0.3, 0.4) is 0 Å². The molecule has 2 saturated heterocycles. The van der Waals surface area contributed by atoms with Gasteiger partial charge in [-0.2, -0.15) is 13.2 Å². The molecule has 2 aliphatic rings. The minimum Gasteiger partial charge on any atom is -0.507 e. The highest BCUT2D eigenvalue weighted by atomic mass is 19.4. The molecule has 0 radical (unpaired) electrons. The molecule has 9 heteroatoms. The van der Waals surface area contributed by atoms with Crippen LogP contribution in [0.25, 0.3) is 0 Å². The molecule has 1 N–H and O–H groups in total. The van der Waals surface area contributed by atoms with Crippen molar-refractivity contribution in [3.8, 4) is 5.75 Å². The molecule has 1 aromatic rings. The van der Waals surface area contributed by atoms with Crippen LogP contribution in [0.5, 0.6) is 5.75 Å². The third-order valence-electron chi connectivity index (χ3n) is 5.56. The number of carbonyl (C=O) groups is 1. The van der Waals surface area contributed by atoms with Gasteiger partial charge in [-0.25, -0.2) is 8.78 Å². The normalized spacial score (nSPS) is 26.1. The van der Waals surface area contributed by atoms with Crippen LogP contribution in [0.15, 0.2) is 18.2 Å². The number of hydrogen-bond donors (Lipinski definition) is 1. The second-order valence-corrected chi connectivity index (χ2v) is 7.80. The Morgan fingerprint density at radius 1 is 1.21 bits per heavy atom. The van der Waals surface area contributed by atoms with Gasteiger partial charge in [-0.15, -0.1) is 0 Å². The quantitative estimate of drug-likeness (QED) is 0.775. The molecule has 4 nitrogen and oxygen atoms in total. The number of alkyl halides is 5. The number of rotatable bonds is 3. The Morgan fingerprint density at radius 3 is 2.57 bits per heavy atom. The predicted molar refractivity (Wildman–Crippen MR) is 91.9 cm³/mol. The van der Waals surface area contributed by atoms with E-state index in [1.165, 1.54) is 11.0 Å². The Morgan fingerprint density at radius 2 is 1.93 bits per heavy atom. The number of aromatic hydroxyl groups is 1. The zero-order chi connectivity index (χ0) is 20.7. The van der Waals surface area contributed by atoms with E-state index in [1.807, 2.05) is 0 Å². The van der Waals surface area contributed by atoms with E-state index in [2.05, 4.69) is 0 Å². The highest BCUT2D eigenvalue weighted by Gasteiger charge is 2.54. The third kappa shape index (κ3) is 4.09. The lowest BCUT2D eigenvalue weighted by atomic mass is 9.71. The molecule has 0 aliphatic carbocycles. The lowest BCUT2D eigenvalue weighted by Gasteiger charge is -2.49. The summed E-state index contributed by atoms with van der Waals surface area (Å²) in [6, 6.07) is 2.97. The molecule has 0 unspecified atom stereocenters. The molecular formula is C19H23F5N2O2. The molecule has 2 heterocycles. The van der Waals surface area contributed by atoms with Crippen LogP contribution in [-0.4, -0.2) is 52.9 Å². The Bertz CT molecular complexity index is 752. The SMILES string of the molecule is CCN1CCC[C@@]2(CN(Cc3ccc(O)c(C(F)(F)F)c3)CC(F)(F)C2)C1=O. The third-order valence-corrected chi connectivity index (χ3v) is 5.56. The van der Waals surface area contributed by atoms with Crippen molar-refractivity contribution in [2.75, 3.05) is 26.2 Å². The monoisotopic (exact) mass is 406 g/mol. The molecule has 2 aliphatic heterocycles. The fourth-order valence-corrected chi connectivity index (χ4v) is 4.46. The molecular weight excluding hydrogens is 383 g/mol. The number of carbonyl (C=O) groups excluding carboxylic acids is 1. The molecule has 1 spiro atoms. The summed E-state index contributed by atoms with van der Waals surface area (Å²) in [5.41, 5.74) is -2.25. The van der Waals surface area contributed by atoms with Gasteiger partial charge in [0.15, 0.2) is 0 Å². The van der Waals surface area contributed by atoms with Gasteiger partial charge in [0.05, 0.1) is 17.5 Å². The van der Waals surface area contributed by atoms with Crippen molar-refractivity contribution in [3.05, 3.63) is 29.3 Å². The van der Waals surface area contributed by atoms with Crippen LogP contribution in [0.1, 0.15) is 37.3 Å². The molecule has 1 aromatic carbocycles. The standard InChI is InChI=1S/C19H23F5N2O2/c1-2-26-7-3-6-17(16(26)28)10-18(20,21)12-25(11-17)9-13-4-5-15(27)14(8-13)19(22,23)24/h4-5,8,27H,2-3,6-7,9-12H2,1H3/t17-/m1/s1. The van der Waals surface area contributed by atoms with Crippen LogP contribution in [0.4, 0.5) is 22.0 Å². The predicted octanol–water partition coefficient (Wildman–Crippen LogP) is 3.88. The largest absolute Gasteiger partial charge is 0.507 e. The molecule has 0 aromatic heterocycles. The second kappa shape index (κ2) is 7.17. The molecule has 0 bridgehead atoms. The lowest BCUT2D eigenvalue weighted by Crippen LogP contribution is -2.60. The van der Waals surface area contributed by atoms with Gasteiger partial charge in [-0.1, -0.05) is 6.07 Å². The van der Waals surface area contributed by atoms with E-state index in [-0.39, 0.29) is 24.6 Å². The van der Waals surface area contributed by atoms with Gasteiger partial charge in [0.2, 0.25) is 5.91 Å². The fraction of sp³-hybridized carbons (Fsp3) is 0.632. The van der Waals surface area contributed by atoms with Crippen molar-refractivity contribution in [2.45, 2.75) is 44.8 Å². The van der Waals surface area contributed by atoms with E-state index in [1.54, 1.807) is 11.8 Å². The van der Waals surface area contributed by atoms with Crippen molar-refractivity contribution < 1.29 is 31.9 Å². The van der Waals surface area contributed by atoms with Gasteiger partial charge in [-0.3, -0.25) is 9.69 Å². The highest BCUT2D eigenvalue weighted by Crippen LogP contribution is 2.45. The average molecular weight is 406 g/mol. The molecule has 2 fully saturated rings. The summed E-state index contributed by atoms with van der Waals surface area (Å²) in [6.45, 7) is 2.09. The smallest absolute Gasteiger partial charge is 0.419 e. The average Bonchev–Trinajstić information content (AvgIpc) is 2.57. The lowest BCUT2D eigenvalue weighted by molar-refractivity contribution is -0.170. The number of halogens is 5. The summed E-state index contributed by atoms with van der Waals surface area (Å²) in [5, 5.41) is 9.45. The van der Waals surface area contributed by atoms with Crippen LogP contribution in [-0.2, 0) is 17.5 Å². The van der Waals surface area contributed by atoms with E-state index in [0.29, 0.717) is 25.9 Å². The van der Waals surface area contributed by atoms with Crippen molar-refractivity contribution in [3.63, 3.8) is 0 Å². The van der Waals surface area contributed by atoms with Gasteiger partial charge in [0.25, 0.3) is 5.92 Å². The van der Waals surface area contributed by atoms with Gasteiger partial charge < -0.3 is 10.0 Å². The Hall–Kier alpha value is -1.90. The van der Waals surface area contributed by atoms with Crippen LogP contribution in [0, 0.1) is 5.41 Å². The minimum atomic E-state index is -4.74. The second-order valence-electron chi connectivity index (χ2n) is 7.80. The first-order valence-corrected chi connectivity index (χ1v) is 9.24.